The Kier molecular flexibility index (Phi) is 9.13. The lowest BCUT2D eigenvalue weighted by Crippen LogP contribution is -2.42. The third kappa shape index (κ3) is 6.02. The number of rotatable bonds is 11. The van der Waals surface area contributed by atoms with Crippen LogP contribution in [0.25, 0.3) is 0 Å². The van der Waals surface area contributed by atoms with Crippen molar-refractivity contribution in [3.8, 4) is 5.75 Å². The summed E-state index contributed by atoms with van der Waals surface area (Å²) in [5.74, 6) is -0.316. The molecule has 0 heterocycles. The lowest BCUT2D eigenvalue weighted by Gasteiger charge is -2.28. The van der Waals surface area contributed by atoms with Crippen molar-refractivity contribution in [2.45, 2.75) is 59.0 Å². The highest BCUT2D eigenvalue weighted by Gasteiger charge is 2.33. The summed E-state index contributed by atoms with van der Waals surface area (Å²) in [5.41, 5.74) is -0.134. The lowest BCUT2D eigenvalue weighted by molar-refractivity contribution is -0.139. The van der Waals surface area contributed by atoms with E-state index in [1.165, 1.54) is 7.11 Å². The first-order valence-corrected chi connectivity index (χ1v) is 9.22. The number of hydrogen-bond acceptors (Lipinski definition) is 5. The van der Waals surface area contributed by atoms with Gasteiger partial charge in [-0.25, -0.2) is 4.79 Å². The standard InChI is InChI=1S/C20H31NO5/c1-6-9-10-13-20(4,26-8-3)19(23)21-15-11-12-17(24-5)16(14-15)18(22)25-7-2/h11-12,14H,6-10,13H2,1-5H3,(H,21,23)/t20-/m1/s1. The summed E-state index contributed by atoms with van der Waals surface area (Å²) < 4.78 is 16.0. The van der Waals surface area contributed by atoms with E-state index < -0.39 is 11.6 Å². The number of ether oxygens (including phenoxy) is 3. The Morgan fingerprint density at radius 1 is 1.12 bits per heavy atom. The van der Waals surface area contributed by atoms with Crippen LogP contribution in [0.2, 0.25) is 0 Å². The van der Waals surface area contributed by atoms with Gasteiger partial charge >= 0.3 is 5.97 Å². The van der Waals surface area contributed by atoms with Crippen molar-refractivity contribution in [1.29, 1.82) is 0 Å². The van der Waals surface area contributed by atoms with Crippen LogP contribution in [0.15, 0.2) is 18.2 Å². The first-order valence-electron chi connectivity index (χ1n) is 9.22. The van der Waals surface area contributed by atoms with E-state index in [1.807, 2.05) is 6.92 Å². The molecule has 0 bridgehead atoms. The molecule has 0 aromatic heterocycles. The van der Waals surface area contributed by atoms with Gasteiger partial charge < -0.3 is 19.5 Å². The van der Waals surface area contributed by atoms with E-state index in [2.05, 4.69) is 12.2 Å². The van der Waals surface area contributed by atoms with Crippen LogP contribution < -0.4 is 10.1 Å². The second-order valence-electron chi connectivity index (χ2n) is 6.21. The van der Waals surface area contributed by atoms with E-state index in [0.717, 1.165) is 19.3 Å². The second-order valence-corrected chi connectivity index (χ2v) is 6.21. The van der Waals surface area contributed by atoms with Crippen molar-refractivity contribution in [1.82, 2.24) is 0 Å². The molecule has 1 atom stereocenters. The van der Waals surface area contributed by atoms with Crippen molar-refractivity contribution in [2.75, 3.05) is 25.6 Å². The largest absolute Gasteiger partial charge is 0.496 e. The van der Waals surface area contributed by atoms with E-state index in [0.29, 0.717) is 24.5 Å². The minimum atomic E-state index is -0.909. The molecule has 146 valence electrons. The molecule has 1 rings (SSSR count). The van der Waals surface area contributed by atoms with Gasteiger partial charge in [-0.15, -0.1) is 0 Å². The number of carbonyl (C=O) groups excluding carboxylic acids is 2. The van der Waals surface area contributed by atoms with E-state index in [-0.39, 0.29) is 18.1 Å². The zero-order valence-corrected chi connectivity index (χ0v) is 16.5. The van der Waals surface area contributed by atoms with Gasteiger partial charge in [0, 0.05) is 12.3 Å². The molecule has 0 aliphatic carbocycles. The number of benzene rings is 1. The molecule has 1 aromatic rings. The minimum absolute atomic E-state index is 0.226. The maximum Gasteiger partial charge on any atom is 0.341 e. The number of amides is 1. The zero-order chi connectivity index (χ0) is 19.6. The first kappa shape index (κ1) is 22.0. The summed E-state index contributed by atoms with van der Waals surface area (Å²) in [6.45, 7) is 8.24. The van der Waals surface area contributed by atoms with Crippen molar-refractivity contribution in [2.24, 2.45) is 0 Å². The van der Waals surface area contributed by atoms with Gasteiger partial charge in [-0.1, -0.05) is 26.2 Å². The third-order valence-corrected chi connectivity index (χ3v) is 4.15. The maximum absolute atomic E-state index is 12.8. The fraction of sp³-hybridized carbons (Fsp3) is 0.600. The Bertz CT molecular complexity index is 602. The molecule has 0 aliphatic rings. The molecule has 6 heteroatoms. The van der Waals surface area contributed by atoms with Crippen molar-refractivity contribution in [3.63, 3.8) is 0 Å². The molecule has 0 aliphatic heterocycles. The molecule has 0 spiro atoms. The number of hydrogen-bond donors (Lipinski definition) is 1. The molecule has 1 N–H and O–H groups in total. The van der Waals surface area contributed by atoms with Crippen molar-refractivity contribution in [3.05, 3.63) is 23.8 Å². The molecule has 1 amide bonds. The lowest BCUT2D eigenvalue weighted by atomic mass is 9.96. The molecule has 0 saturated carbocycles. The van der Waals surface area contributed by atoms with Crippen LogP contribution >= 0.6 is 0 Å². The highest BCUT2D eigenvalue weighted by molar-refractivity contribution is 5.99. The van der Waals surface area contributed by atoms with Crippen LogP contribution in [0.1, 0.15) is 63.7 Å². The molecule has 0 radical (unpaired) electrons. The summed E-state index contributed by atoms with van der Waals surface area (Å²) in [6, 6.07) is 4.89. The van der Waals surface area contributed by atoms with Crippen LogP contribution in [0.4, 0.5) is 5.69 Å². The smallest absolute Gasteiger partial charge is 0.341 e. The van der Waals surface area contributed by atoms with Gasteiger partial charge in [-0.05, 0) is 45.4 Å². The van der Waals surface area contributed by atoms with Gasteiger partial charge in [-0.2, -0.15) is 0 Å². The minimum Gasteiger partial charge on any atom is -0.496 e. The van der Waals surface area contributed by atoms with Crippen LogP contribution in [-0.4, -0.2) is 37.8 Å². The van der Waals surface area contributed by atoms with Gasteiger partial charge in [0.15, 0.2) is 0 Å². The van der Waals surface area contributed by atoms with Crippen LogP contribution in [0.5, 0.6) is 5.75 Å². The molecule has 26 heavy (non-hydrogen) atoms. The zero-order valence-electron chi connectivity index (χ0n) is 16.5. The second kappa shape index (κ2) is 10.8. The molecule has 0 unspecified atom stereocenters. The van der Waals surface area contributed by atoms with Crippen LogP contribution in [-0.2, 0) is 14.3 Å². The molecular weight excluding hydrogens is 334 g/mol. The van der Waals surface area contributed by atoms with Gasteiger partial charge in [-0.3, -0.25) is 4.79 Å². The number of unbranched alkanes of at least 4 members (excludes halogenated alkanes) is 2. The van der Waals surface area contributed by atoms with E-state index >= 15 is 0 Å². The normalized spacial score (nSPS) is 13.0. The number of nitrogens with one attached hydrogen (secondary N) is 1. The summed E-state index contributed by atoms with van der Waals surface area (Å²) in [5, 5.41) is 2.86. The highest BCUT2D eigenvalue weighted by Crippen LogP contribution is 2.26. The average molecular weight is 365 g/mol. The topological polar surface area (TPSA) is 73.9 Å². The monoisotopic (exact) mass is 365 g/mol. The van der Waals surface area contributed by atoms with E-state index in [1.54, 1.807) is 32.0 Å². The Balaban J connectivity index is 2.98. The molecule has 0 fully saturated rings. The first-order chi connectivity index (χ1) is 12.4. The average Bonchev–Trinajstić information content (AvgIpc) is 2.62. The number of methoxy groups -OCH3 is 1. The van der Waals surface area contributed by atoms with Crippen molar-refractivity contribution >= 4 is 17.6 Å². The fourth-order valence-corrected chi connectivity index (χ4v) is 2.70. The predicted octanol–water partition coefficient (Wildman–Crippen LogP) is 4.19. The summed E-state index contributed by atoms with van der Waals surface area (Å²) in [7, 11) is 1.48. The van der Waals surface area contributed by atoms with Crippen LogP contribution in [0.3, 0.4) is 0 Å². The Hall–Kier alpha value is -2.08. The highest BCUT2D eigenvalue weighted by atomic mass is 16.5. The van der Waals surface area contributed by atoms with Gasteiger partial charge in [0.05, 0.1) is 13.7 Å². The molecule has 0 saturated heterocycles. The maximum atomic E-state index is 12.8. The van der Waals surface area contributed by atoms with Gasteiger partial charge in [0.1, 0.15) is 16.9 Å². The number of carbonyl (C=O) groups is 2. The molecule has 1 aromatic carbocycles. The summed E-state index contributed by atoms with van der Waals surface area (Å²) in [4.78, 5) is 24.9. The summed E-state index contributed by atoms with van der Waals surface area (Å²) >= 11 is 0. The van der Waals surface area contributed by atoms with Crippen LogP contribution in [0, 0.1) is 0 Å². The molecule has 6 nitrogen and oxygen atoms in total. The number of anilines is 1. The third-order valence-electron chi connectivity index (χ3n) is 4.15. The Morgan fingerprint density at radius 2 is 1.85 bits per heavy atom. The predicted molar refractivity (Wildman–Crippen MR) is 102 cm³/mol. The Morgan fingerprint density at radius 3 is 2.42 bits per heavy atom. The van der Waals surface area contributed by atoms with Gasteiger partial charge in [0.2, 0.25) is 0 Å². The van der Waals surface area contributed by atoms with E-state index in [4.69, 9.17) is 14.2 Å². The fourth-order valence-electron chi connectivity index (χ4n) is 2.70. The SMILES string of the molecule is CCCCC[C@@](C)(OCC)C(=O)Nc1ccc(OC)c(C(=O)OCC)c1. The molecular formula is C20H31NO5. The van der Waals surface area contributed by atoms with E-state index in [9.17, 15) is 9.59 Å². The summed E-state index contributed by atoms with van der Waals surface area (Å²) in [6.07, 6.45) is 3.68. The number of esters is 1. The quantitative estimate of drug-likeness (QED) is 0.470. The van der Waals surface area contributed by atoms with Crippen molar-refractivity contribution < 1.29 is 23.8 Å². The Labute approximate surface area is 156 Å². The van der Waals surface area contributed by atoms with Gasteiger partial charge in [0.25, 0.3) is 5.91 Å².